The first-order chi connectivity index (χ1) is 9.65. The zero-order valence-corrected chi connectivity index (χ0v) is 11.8. The fourth-order valence-electron chi connectivity index (χ4n) is 1.93. The van der Waals surface area contributed by atoms with Crippen LogP contribution in [0.5, 0.6) is 0 Å². The lowest BCUT2D eigenvalue weighted by Gasteiger charge is -2.09. The van der Waals surface area contributed by atoms with E-state index in [2.05, 4.69) is 22.0 Å². The largest absolute Gasteiger partial charge is 0.305 e. The first-order valence-corrected chi connectivity index (χ1v) is 6.52. The molecular formula is C17H18N2O. The highest BCUT2D eigenvalue weighted by Gasteiger charge is 2.01. The molecule has 102 valence electrons. The molecule has 0 atom stereocenters. The van der Waals surface area contributed by atoms with Gasteiger partial charge in [0.15, 0.2) is 0 Å². The molecule has 3 heteroatoms. The van der Waals surface area contributed by atoms with Gasteiger partial charge in [0.25, 0.3) is 0 Å². The molecular weight excluding hydrogens is 248 g/mol. The third-order valence-corrected chi connectivity index (χ3v) is 2.79. The minimum Gasteiger partial charge on any atom is -0.305 e. The average molecular weight is 266 g/mol. The Hall–Kier alpha value is -2.26. The van der Waals surface area contributed by atoms with Crippen LogP contribution in [0.2, 0.25) is 0 Å². The van der Waals surface area contributed by atoms with Crippen LogP contribution in [0.3, 0.4) is 0 Å². The lowest BCUT2D eigenvalue weighted by atomic mass is 10.1. The second-order valence-corrected chi connectivity index (χ2v) is 4.90. The highest BCUT2D eigenvalue weighted by molar-refractivity contribution is 6.05. The molecule has 0 saturated carbocycles. The first kappa shape index (κ1) is 14.2. The summed E-state index contributed by atoms with van der Waals surface area (Å²) in [7, 11) is 4.07. The molecule has 1 aromatic carbocycles. The van der Waals surface area contributed by atoms with Crippen molar-refractivity contribution in [2.75, 3.05) is 14.1 Å². The molecule has 0 spiro atoms. The van der Waals surface area contributed by atoms with E-state index in [1.54, 1.807) is 24.4 Å². The number of benzene rings is 1. The third-order valence-electron chi connectivity index (χ3n) is 2.79. The smallest absolute Gasteiger partial charge is 0.204 e. The van der Waals surface area contributed by atoms with Crippen molar-refractivity contribution in [1.82, 2.24) is 9.88 Å². The van der Waals surface area contributed by atoms with E-state index in [0.717, 1.165) is 12.1 Å². The number of carbonyl (C=O) groups is 1. The molecule has 0 aliphatic heterocycles. The van der Waals surface area contributed by atoms with Crippen LogP contribution < -0.4 is 0 Å². The molecule has 0 unspecified atom stereocenters. The number of ketones is 1. The number of allylic oxidation sites excluding steroid dienone is 1. The summed E-state index contributed by atoms with van der Waals surface area (Å²) in [5.74, 6) is -0.0800. The number of rotatable bonds is 5. The van der Waals surface area contributed by atoms with E-state index >= 15 is 0 Å². The maximum atomic E-state index is 11.9. The normalized spacial score (nSPS) is 11.2. The molecule has 0 N–H and O–H groups in total. The van der Waals surface area contributed by atoms with E-state index in [-0.39, 0.29) is 5.78 Å². The fourth-order valence-corrected chi connectivity index (χ4v) is 1.93. The highest BCUT2D eigenvalue weighted by atomic mass is 16.1. The van der Waals surface area contributed by atoms with Gasteiger partial charge in [-0.1, -0.05) is 36.4 Å². The lowest BCUT2D eigenvalue weighted by molar-refractivity contribution is 0.104. The van der Waals surface area contributed by atoms with Gasteiger partial charge < -0.3 is 4.90 Å². The molecule has 1 heterocycles. The van der Waals surface area contributed by atoms with Crippen molar-refractivity contribution in [3.05, 3.63) is 71.6 Å². The zero-order valence-electron chi connectivity index (χ0n) is 11.8. The van der Waals surface area contributed by atoms with E-state index in [4.69, 9.17) is 0 Å². The van der Waals surface area contributed by atoms with Crippen LogP contribution in [0.25, 0.3) is 6.08 Å². The lowest BCUT2D eigenvalue weighted by Crippen LogP contribution is -2.10. The molecule has 20 heavy (non-hydrogen) atoms. The average Bonchev–Trinajstić information content (AvgIpc) is 2.45. The van der Waals surface area contributed by atoms with Gasteiger partial charge in [-0.15, -0.1) is 0 Å². The van der Waals surface area contributed by atoms with Crippen LogP contribution in [0.1, 0.15) is 21.6 Å². The molecule has 0 bridgehead atoms. The summed E-state index contributed by atoms with van der Waals surface area (Å²) in [6.07, 6.45) is 5.02. The van der Waals surface area contributed by atoms with Crippen molar-refractivity contribution in [3.8, 4) is 0 Å². The molecule has 0 radical (unpaired) electrons. The van der Waals surface area contributed by atoms with Gasteiger partial charge in [-0.2, -0.15) is 0 Å². The quantitative estimate of drug-likeness (QED) is 0.616. The molecule has 2 aromatic rings. The van der Waals surface area contributed by atoms with Crippen molar-refractivity contribution in [3.63, 3.8) is 0 Å². The third kappa shape index (κ3) is 4.14. The Morgan fingerprint density at radius 2 is 2.05 bits per heavy atom. The van der Waals surface area contributed by atoms with Gasteiger partial charge in [0.05, 0.1) is 0 Å². The van der Waals surface area contributed by atoms with Gasteiger partial charge in [0, 0.05) is 12.7 Å². The van der Waals surface area contributed by atoms with Crippen molar-refractivity contribution >= 4 is 11.9 Å². The Balaban J connectivity index is 2.09. The Labute approximate surface area is 119 Å². The van der Waals surface area contributed by atoms with E-state index < -0.39 is 0 Å². The van der Waals surface area contributed by atoms with Gasteiger partial charge in [-0.25, -0.2) is 0 Å². The van der Waals surface area contributed by atoms with Crippen molar-refractivity contribution in [2.24, 2.45) is 0 Å². The molecule has 0 aliphatic rings. The molecule has 3 nitrogen and oxygen atoms in total. The van der Waals surface area contributed by atoms with Crippen LogP contribution in [0, 0.1) is 0 Å². The van der Waals surface area contributed by atoms with E-state index in [9.17, 15) is 4.79 Å². The minimum atomic E-state index is -0.0800. The highest BCUT2D eigenvalue weighted by Crippen LogP contribution is 2.09. The Bertz CT molecular complexity index is 603. The monoisotopic (exact) mass is 266 g/mol. The number of hydrogen-bond donors (Lipinski definition) is 0. The molecule has 0 saturated heterocycles. The van der Waals surface area contributed by atoms with Crippen molar-refractivity contribution in [2.45, 2.75) is 6.54 Å². The maximum absolute atomic E-state index is 11.9. The van der Waals surface area contributed by atoms with Gasteiger partial charge in [0.1, 0.15) is 5.69 Å². The molecule has 1 aromatic heterocycles. The summed E-state index contributed by atoms with van der Waals surface area (Å²) in [5, 5.41) is 0. The number of hydrogen-bond acceptors (Lipinski definition) is 3. The van der Waals surface area contributed by atoms with E-state index in [1.807, 2.05) is 38.4 Å². The molecule has 0 amide bonds. The van der Waals surface area contributed by atoms with Gasteiger partial charge in [-0.3, -0.25) is 9.78 Å². The molecule has 0 aliphatic carbocycles. The van der Waals surface area contributed by atoms with E-state index in [0.29, 0.717) is 5.69 Å². The number of carbonyl (C=O) groups excluding carboxylic acids is 1. The Morgan fingerprint density at radius 3 is 2.75 bits per heavy atom. The van der Waals surface area contributed by atoms with Crippen LogP contribution in [-0.2, 0) is 6.54 Å². The molecule has 0 fully saturated rings. The van der Waals surface area contributed by atoms with Crippen molar-refractivity contribution in [1.29, 1.82) is 0 Å². The Morgan fingerprint density at radius 1 is 1.20 bits per heavy atom. The van der Waals surface area contributed by atoms with Gasteiger partial charge in [-0.05, 0) is 43.4 Å². The predicted octanol–water partition coefficient (Wildman–Crippen LogP) is 3.04. The van der Waals surface area contributed by atoms with Crippen LogP contribution >= 0.6 is 0 Å². The standard InChI is InChI=1S/C17H18N2O/c1-19(2)13-15-7-5-6-14(12-15)9-10-17(20)16-8-3-4-11-18-16/h3-12H,13H2,1-2H3. The zero-order chi connectivity index (χ0) is 14.4. The van der Waals surface area contributed by atoms with Crippen LogP contribution in [0.4, 0.5) is 0 Å². The SMILES string of the molecule is CN(C)Cc1cccc(C=CC(=O)c2ccccn2)c1. The van der Waals surface area contributed by atoms with Gasteiger partial charge >= 0.3 is 0 Å². The summed E-state index contributed by atoms with van der Waals surface area (Å²) >= 11 is 0. The maximum Gasteiger partial charge on any atom is 0.204 e. The van der Waals surface area contributed by atoms with E-state index in [1.165, 1.54) is 5.56 Å². The summed E-state index contributed by atoms with van der Waals surface area (Å²) in [5.41, 5.74) is 2.71. The van der Waals surface area contributed by atoms with Crippen LogP contribution in [0.15, 0.2) is 54.7 Å². The summed E-state index contributed by atoms with van der Waals surface area (Å²) < 4.78 is 0. The predicted molar refractivity (Wildman–Crippen MR) is 81.4 cm³/mol. The molecule has 2 rings (SSSR count). The topological polar surface area (TPSA) is 33.2 Å². The summed E-state index contributed by atoms with van der Waals surface area (Å²) in [6, 6.07) is 13.5. The first-order valence-electron chi connectivity index (χ1n) is 6.52. The minimum absolute atomic E-state index is 0.0800. The van der Waals surface area contributed by atoms with Crippen LogP contribution in [-0.4, -0.2) is 29.8 Å². The van der Waals surface area contributed by atoms with Gasteiger partial charge in [0.2, 0.25) is 5.78 Å². The number of pyridine rings is 1. The summed E-state index contributed by atoms with van der Waals surface area (Å²) in [4.78, 5) is 18.1. The number of aromatic nitrogens is 1. The second-order valence-electron chi connectivity index (χ2n) is 4.90. The number of nitrogens with zero attached hydrogens (tertiary/aromatic N) is 2. The second kappa shape index (κ2) is 6.78. The Kier molecular flexibility index (Phi) is 4.80. The fraction of sp³-hybridized carbons (Fsp3) is 0.176. The van der Waals surface area contributed by atoms with Crippen molar-refractivity contribution < 1.29 is 4.79 Å². The summed E-state index contributed by atoms with van der Waals surface area (Å²) in [6.45, 7) is 0.885.